The molecule has 0 aliphatic carbocycles. The molecule has 0 spiro atoms. The van der Waals surface area contributed by atoms with E-state index in [1.165, 1.54) is 0 Å². The first kappa shape index (κ1) is 16.9. The molecule has 114 valence electrons. The quantitative estimate of drug-likeness (QED) is 0.647. The molecule has 1 aromatic rings. The van der Waals surface area contributed by atoms with Crippen LogP contribution in [0.4, 0.5) is 0 Å². The van der Waals surface area contributed by atoms with Crippen molar-refractivity contribution in [3.05, 3.63) is 23.5 Å². The third kappa shape index (κ3) is 6.87. The molecule has 0 aromatic carbocycles. The van der Waals surface area contributed by atoms with E-state index in [-0.39, 0.29) is 6.61 Å². The van der Waals surface area contributed by atoms with E-state index < -0.39 is 0 Å². The van der Waals surface area contributed by atoms with Crippen molar-refractivity contribution in [2.45, 2.75) is 59.0 Å². The highest BCUT2D eigenvalue weighted by atomic mass is 16.5. The van der Waals surface area contributed by atoms with Gasteiger partial charge in [-0.1, -0.05) is 20.3 Å². The van der Waals surface area contributed by atoms with Crippen LogP contribution in [0.3, 0.4) is 0 Å². The van der Waals surface area contributed by atoms with Crippen LogP contribution < -0.4 is 10.1 Å². The molecule has 20 heavy (non-hydrogen) atoms. The monoisotopic (exact) mass is 280 g/mol. The highest BCUT2D eigenvalue weighted by Crippen LogP contribution is 2.17. The van der Waals surface area contributed by atoms with Crippen molar-refractivity contribution in [1.82, 2.24) is 10.3 Å². The fourth-order valence-electron chi connectivity index (χ4n) is 1.91. The predicted octanol–water partition coefficient (Wildman–Crippen LogP) is 2.82. The van der Waals surface area contributed by atoms with Gasteiger partial charge in [0, 0.05) is 24.9 Å². The number of aliphatic hydroxyl groups is 1. The van der Waals surface area contributed by atoms with Crippen molar-refractivity contribution in [1.29, 1.82) is 0 Å². The smallest absolute Gasteiger partial charge is 0.142 e. The lowest BCUT2D eigenvalue weighted by Crippen LogP contribution is -2.23. The minimum atomic E-state index is 0.285. The highest BCUT2D eigenvalue weighted by Gasteiger charge is 2.06. The second-order valence-electron chi connectivity index (χ2n) is 5.42. The Morgan fingerprint density at radius 2 is 1.95 bits per heavy atom. The summed E-state index contributed by atoms with van der Waals surface area (Å²) >= 11 is 0. The average molecular weight is 280 g/mol. The molecule has 0 bridgehead atoms. The van der Waals surface area contributed by atoms with Gasteiger partial charge in [-0.15, -0.1) is 0 Å². The van der Waals surface area contributed by atoms with E-state index >= 15 is 0 Å². The Hall–Kier alpha value is -1.13. The normalized spacial score (nSPS) is 11.1. The fourth-order valence-corrected chi connectivity index (χ4v) is 1.91. The first-order valence-electron chi connectivity index (χ1n) is 7.57. The molecule has 0 atom stereocenters. The van der Waals surface area contributed by atoms with E-state index in [1.807, 2.05) is 19.1 Å². The number of hydrogen-bond acceptors (Lipinski definition) is 4. The van der Waals surface area contributed by atoms with Gasteiger partial charge in [0.25, 0.3) is 0 Å². The van der Waals surface area contributed by atoms with Gasteiger partial charge >= 0.3 is 0 Å². The summed E-state index contributed by atoms with van der Waals surface area (Å²) in [6, 6.07) is 4.43. The van der Waals surface area contributed by atoms with Crippen molar-refractivity contribution >= 4 is 0 Å². The highest BCUT2D eigenvalue weighted by molar-refractivity contribution is 5.29. The summed E-state index contributed by atoms with van der Waals surface area (Å²) < 4.78 is 5.84. The van der Waals surface area contributed by atoms with Crippen molar-refractivity contribution in [3.63, 3.8) is 0 Å². The summed E-state index contributed by atoms with van der Waals surface area (Å²) in [5.74, 6) is 0.880. The zero-order chi connectivity index (χ0) is 14.8. The van der Waals surface area contributed by atoms with Crippen LogP contribution in [0.2, 0.25) is 0 Å². The van der Waals surface area contributed by atoms with Crippen LogP contribution in [0.5, 0.6) is 5.75 Å². The van der Waals surface area contributed by atoms with E-state index in [4.69, 9.17) is 9.84 Å². The molecule has 1 rings (SSSR count). The van der Waals surface area contributed by atoms with Crippen LogP contribution in [0.15, 0.2) is 12.1 Å². The Morgan fingerprint density at radius 3 is 2.65 bits per heavy atom. The molecule has 0 radical (unpaired) electrons. The van der Waals surface area contributed by atoms with Crippen LogP contribution in [0.25, 0.3) is 0 Å². The first-order valence-corrected chi connectivity index (χ1v) is 7.57. The predicted molar refractivity (Wildman–Crippen MR) is 82.0 cm³/mol. The second kappa shape index (κ2) is 9.72. The maximum absolute atomic E-state index is 8.72. The molecule has 0 saturated carbocycles. The summed E-state index contributed by atoms with van der Waals surface area (Å²) in [4.78, 5) is 4.55. The van der Waals surface area contributed by atoms with Gasteiger partial charge in [-0.25, -0.2) is 0 Å². The lowest BCUT2D eigenvalue weighted by molar-refractivity contribution is 0.272. The van der Waals surface area contributed by atoms with E-state index in [0.29, 0.717) is 12.6 Å². The molecular weight excluding hydrogens is 252 g/mol. The lowest BCUT2D eigenvalue weighted by atomic mass is 10.2. The number of aryl methyl sites for hydroxylation is 1. The zero-order valence-corrected chi connectivity index (χ0v) is 13.0. The summed E-state index contributed by atoms with van der Waals surface area (Å²) in [6.07, 6.45) is 4.06. The number of aliphatic hydroxyl groups excluding tert-OH is 1. The minimum Gasteiger partial charge on any atom is -0.492 e. The molecule has 2 N–H and O–H groups in total. The molecular formula is C16H28N2O2. The number of unbranched alkanes of at least 4 members (excludes halogenated alkanes) is 3. The number of aromatic nitrogens is 1. The van der Waals surface area contributed by atoms with Crippen molar-refractivity contribution < 1.29 is 9.84 Å². The van der Waals surface area contributed by atoms with Crippen LogP contribution in [-0.4, -0.2) is 29.3 Å². The SMILES string of the molecule is Cc1ccc(OCCCCCCO)c(CNC(C)C)n1. The van der Waals surface area contributed by atoms with E-state index in [0.717, 1.165) is 49.4 Å². The number of ether oxygens (including phenoxy) is 1. The molecule has 0 amide bonds. The number of hydrogen-bond donors (Lipinski definition) is 2. The molecule has 0 aliphatic rings. The lowest BCUT2D eigenvalue weighted by Gasteiger charge is -2.13. The van der Waals surface area contributed by atoms with Gasteiger partial charge in [-0.3, -0.25) is 4.98 Å². The molecule has 1 aromatic heterocycles. The minimum absolute atomic E-state index is 0.285. The van der Waals surface area contributed by atoms with Crippen molar-refractivity contribution in [3.8, 4) is 5.75 Å². The number of rotatable bonds is 10. The van der Waals surface area contributed by atoms with Gasteiger partial charge < -0.3 is 15.2 Å². The van der Waals surface area contributed by atoms with Gasteiger partial charge in [-0.2, -0.15) is 0 Å². The molecule has 0 aliphatic heterocycles. The Bertz CT molecular complexity index is 381. The summed E-state index contributed by atoms with van der Waals surface area (Å²) in [7, 11) is 0. The topological polar surface area (TPSA) is 54.4 Å². The van der Waals surface area contributed by atoms with E-state index in [1.54, 1.807) is 0 Å². The molecule has 0 saturated heterocycles. The molecule has 4 heteroatoms. The molecule has 1 heterocycles. The van der Waals surface area contributed by atoms with Crippen LogP contribution in [0, 0.1) is 6.92 Å². The maximum atomic E-state index is 8.72. The molecule has 4 nitrogen and oxygen atoms in total. The molecule has 0 fully saturated rings. The Kier molecular flexibility index (Phi) is 8.23. The summed E-state index contributed by atoms with van der Waals surface area (Å²) in [6.45, 7) is 7.98. The van der Waals surface area contributed by atoms with Crippen LogP contribution in [0.1, 0.15) is 50.9 Å². The molecule has 0 unspecified atom stereocenters. The fraction of sp³-hybridized carbons (Fsp3) is 0.688. The zero-order valence-electron chi connectivity index (χ0n) is 13.0. The maximum Gasteiger partial charge on any atom is 0.142 e. The summed E-state index contributed by atoms with van der Waals surface area (Å²) in [5, 5.41) is 12.1. The largest absolute Gasteiger partial charge is 0.492 e. The standard InChI is InChI=1S/C16H28N2O2/c1-13(2)17-12-15-16(9-8-14(3)18-15)20-11-7-5-4-6-10-19/h8-9,13,17,19H,4-7,10-12H2,1-3H3. The summed E-state index contributed by atoms with van der Waals surface area (Å²) in [5.41, 5.74) is 2.00. The van der Waals surface area contributed by atoms with Crippen molar-refractivity contribution in [2.24, 2.45) is 0 Å². The van der Waals surface area contributed by atoms with Gasteiger partial charge in [0.15, 0.2) is 0 Å². The van der Waals surface area contributed by atoms with Gasteiger partial charge in [-0.05, 0) is 38.3 Å². The van der Waals surface area contributed by atoms with E-state index in [9.17, 15) is 0 Å². The average Bonchev–Trinajstić information content (AvgIpc) is 2.42. The van der Waals surface area contributed by atoms with Crippen LogP contribution >= 0.6 is 0 Å². The number of nitrogens with one attached hydrogen (secondary N) is 1. The Balaban J connectivity index is 2.43. The van der Waals surface area contributed by atoms with Crippen molar-refractivity contribution in [2.75, 3.05) is 13.2 Å². The number of nitrogens with zero attached hydrogens (tertiary/aromatic N) is 1. The number of pyridine rings is 1. The second-order valence-corrected chi connectivity index (χ2v) is 5.42. The Labute approximate surface area is 122 Å². The van der Waals surface area contributed by atoms with Crippen LogP contribution in [-0.2, 0) is 6.54 Å². The first-order chi connectivity index (χ1) is 9.63. The third-order valence-electron chi connectivity index (χ3n) is 3.06. The van der Waals surface area contributed by atoms with Gasteiger partial charge in [0.1, 0.15) is 5.75 Å². The van der Waals surface area contributed by atoms with E-state index in [2.05, 4.69) is 24.1 Å². The van der Waals surface area contributed by atoms with Gasteiger partial charge in [0.05, 0.1) is 12.3 Å². The Morgan fingerprint density at radius 1 is 1.20 bits per heavy atom. The van der Waals surface area contributed by atoms with Gasteiger partial charge in [0.2, 0.25) is 0 Å². The third-order valence-corrected chi connectivity index (χ3v) is 3.06.